The molecule has 0 atom stereocenters. The number of nitrogens with zero attached hydrogens (tertiary/aromatic N) is 1. The summed E-state index contributed by atoms with van der Waals surface area (Å²) in [4.78, 5) is 0. The first-order chi connectivity index (χ1) is 6.76. The number of hydrogen-bond acceptors (Lipinski definition) is 3. The Morgan fingerprint density at radius 2 is 2.29 bits per heavy atom. The van der Waals surface area contributed by atoms with Crippen LogP contribution in [0.4, 0.5) is 0 Å². The monoisotopic (exact) mass is 219 g/mol. The van der Waals surface area contributed by atoms with E-state index in [9.17, 15) is 0 Å². The quantitative estimate of drug-likeness (QED) is 0.728. The predicted molar refractivity (Wildman–Crippen MR) is 63.2 cm³/mol. The first kappa shape index (κ1) is 9.57. The topological polar surface area (TPSA) is 23.8 Å². The summed E-state index contributed by atoms with van der Waals surface area (Å²) in [6.45, 7) is 2.13. The fraction of sp³-hybridized carbons (Fsp3) is 0.182. The van der Waals surface area contributed by atoms with E-state index in [4.69, 9.17) is 5.26 Å². The Balaban J connectivity index is 2.76. The summed E-state index contributed by atoms with van der Waals surface area (Å²) in [5.74, 6) is 0. The third kappa shape index (κ3) is 1.41. The molecule has 0 fully saturated rings. The minimum Gasteiger partial charge on any atom is -0.192 e. The van der Waals surface area contributed by atoms with Gasteiger partial charge in [-0.2, -0.15) is 5.26 Å². The van der Waals surface area contributed by atoms with Gasteiger partial charge in [0, 0.05) is 10.1 Å². The molecule has 0 radical (unpaired) electrons. The lowest BCUT2D eigenvalue weighted by Crippen LogP contribution is -1.78. The molecule has 3 heteroatoms. The molecule has 0 bridgehead atoms. The molecule has 0 aliphatic heterocycles. The highest BCUT2D eigenvalue weighted by Gasteiger charge is 2.08. The number of hydrogen-bond donors (Lipinski definition) is 1. The normalized spacial score (nSPS) is 10.4. The maximum atomic E-state index is 8.94. The Bertz CT molecular complexity index is 520. The van der Waals surface area contributed by atoms with Gasteiger partial charge in [-0.05, 0) is 18.1 Å². The summed E-state index contributed by atoms with van der Waals surface area (Å²) in [7, 11) is 0. The Hall–Kier alpha value is -0.980. The summed E-state index contributed by atoms with van der Waals surface area (Å²) >= 11 is 5.87. The molecule has 0 aliphatic carbocycles. The molecular weight excluding hydrogens is 210 g/mol. The molecule has 2 aromatic rings. The average Bonchev–Trinajstić information content (AvgIpc) is 2.51. The largest absolute Gasteiger partial charge is 0.192 e. The van der Waals surface area contributed by atoms with Crippen LogP contribution in [0.3, 0.4) is 0 Å². The van der Waals surface area contributed by atoms with Crippen LogP contribution in [0.2, 0.25) is 0 Å². The fourth-order valence-corrected chi connectivity index (χ4v) is 2.88. The van der Waals surface area contributed by atoms with Gasteiger partial charge in [-0.25, -0.2) is 0 Å². The van der Waals surface area contributed by atoms with Crippen LogP contribution in [0.15, 0.2) is 22.4 Å². The van der Waals surface area contributed by atoms with Crippen molar-refractivity contribution in [3.8, 4) is 6.07 Å². The van der Waals surface area contributed by atoms with E-state index in [0.717, 1.165) is 20.7 Å². The van der Waals surface area contributed by atoms with Crippen molar-refractivity contribution in [2.24, 2.45) is 0 Å². The van der Waals surface area contributed by atoms with Crippen molar-refractivity contribution in [3.05, 3.63) is 29.3 Å². The number of benzene rings is 1. The number of thiophene rings is 1. The lowest BCUT2D eigenvalue weighted by molar-refractivity contribution is 1.15. The summed E-state index contributed by atoms with van der Waals surface area (Å²) in [5, 5.41) is 9.97. The standard InChI is InChI=1S/C11H9NS2/c1-2-7-3-4-8-9(6-12)11(13)14-10(8)5-7/h3-5,13H,2H2,1H3. The molecule has 0 N–H and O–H groups in total. The van der Waals surface area contributed by atoms with Gasteiger partial charge in [0.25, 0.3) is 0 Å². The number of aryl methyl sites for hydroxylation is 1. The lowest BCUT2D eigenvalue weighted by Gasteiger charge is -1.95. The second kappa shape index (κ2) is 3.64. The van der Waals surface area contributed by atoms with E-state index in [1.807, 2.05) is 6.07 Å². The van der Waals surface area contributed by atoms with E-state index in [1.165, 1.54) is 5.56 Å². The molecule has 0 unspecified atom stereocenters. The second-order valence-electron chi connectivity index (χ2n) is 3.08. The van der Waals surface area contributed by atoms with Gasteiger partial charge in [0.15, 0.2) is 0 Å². The van der Waals surface area contributed by atoms with E-state index >= 15 is 0 Å². The molecule has 14 heavy (non-hydrogen) atoms. The molecular formula is C11H9NS2. The van der Waals surface area contributed by atoms with Crippen LogP contribution in [-0.4, -0.2) is 0 Å². The van der Waals surface area contributed by atoms with Gasteiger partial charge in [0.05, 0.1) is 9.77 Å². The van der Waals surface area contributed by atoms with Crippen LogP contribution < -0.4 is 0 Å². The van der Waals surface area contributed by atoms with Crippen molar-refractivity contribution in [2.75, 3.05) is 0 Å². The average molecular weight is 219 g/mol. The zero-order chi connectivity index (χ0) is 10.1. The fourth-order valence-electron chi connectivity index (χ4n) is 1.46. The van der Waals surface area contributed by atoms with E-state index in [1.54, 1.807) is 11.3 Å². The highest BCUT2D eigenvalue weighted by molar-refractivity contribution is 7.83. The zero-order valence-electron chi connectivity index (χ0n) is 7.74. The van der Waals surface area contributed by atoms with E-state index < -0.39 is 0 Å². The molecule has 0 amide bonds. The van der Waals surface area contributed by atoms with Gasteiger partial charge >= 0.3 is 0 Å². The van der Waals surface area contributed by atoms with Gasteiger partial charge in [-0.15, -0.1) is 24.0 Å². The molecule has 70 valence electrons. The van der Waals surface area contributed by atoms with Gasteiger partial charge in [-0.3, -0.25) is 0 Å². The third-order valence-electron chi connectivity index (χ3n) is 2.26. The molecule has 1 aromatic heterocycles. The van der Waals surface area contributed by atoms with Crippen molar-refractivity contribution < 1.29 is 0 Å². The van der Waals surface area contributed by atoms with Gasteiger partial charge < -0.3 is 0 Å². The Morgan fingerprint density at radius 1 is 1.50 bits per heavy atom. The molecule has 1 nitrogen and oxygen atoms in total. The Labute approximate surface area is 92.4 Å². The highest BCUT2D eigenvalue weighted by atomic mass is 32.2. The van der Waals surface area contributed by atoms with E-state index in [0.29, 0.717) is 5.56 Å². The predicted octanol–water partition coefficient (Wildman–Crippen LogP) is 3.62. The van der Waals surface area contributed by atoms with Crippen LogP contribution in [0.5, 0.6) is 0 Å². The van der Waals surface area contributed by atoms with E-state index in [2.05, 4.69) is 37.8 Å². The van der Waals surface area contributed by atoms with Crippen LogP contribution in [0, 0.1) is 11.3 Å². The van der Waals surface area contributed by atoms with Crippen LogP contribution in [-0.2, 0) is 6.42 Å². The smallest absolute Gasteiger partial charge is 0.102 e. The second-order valence-corrected chi connectivity index (χ2v) is 4.88. The van der Waals surface area contributed by atoms with Gasteiger partial charge in [0.1, 0.15) is 6.07 Å². The van der Waals surface area contributed by atoms with Crippen molar-refractivity contribution in [3.63, 3.8) is 0 Å². The number of thiol groups is 1. The highest BCUT2D eigenvalue weighted by Crippen LogP contribution is 2.33. The van der Waals surface area contributed by atoms with Gasteiger partial charge in [0.2, 0.25) is 0 Å². The first-order valence-electron chi connectivity index (χ1n) is 4.40. The summed E-state index contributed by atoms with van der Waals surface area (Å²) in [6.07, 6.45) is 1.03. The molecule has 0 aliphatic rings. The summed E-state index contributed by atoms with van der Waals surface area (Å²) in [5.41, 5.74) is 2.01. The minimum absolute atomic E-state index is 0.705. The van der Waals surface area contributed by atoms with Crippen LogP contribution in [0.25, 0.3) is 10.1 Å². The minimum atomic E-state index is 0.705. The van der Waals surface area contributed by atoms with Crippen LogP contribution >= 0.6 is 24.0 Å². The molecule has 0 saturated heterocycles. The Kier molecular flexibility index (Phi) is 2.49. The zero-order valence-corrected chi connectivity index (χ0v) is 9.45. The summed E-state index contributed by atoms with van der Waals surface area (Å²) in [6, 6.07) is 8.42. The van der Waals surface area contributed by atoms with E-state index in [-0.39, 0.29) is 0 Å². The van der Waals surface area contributed by atoms with Crippen molar-refractivity contribution in [1.82, 2.24) is 0 Å². The van der Waals surface area contributed by atoms with Crippen molar-refractivity contribution in [2.45, 2.75) is 17.6 Å². The van der Waals surface area contributed by atoms with Crippen molar-refractivity contribution >= 4 is 34.1 Å². The SMILES string of the molecule is CCc1ccc2c(C#N)c(S)sc2c1. The number of nitriles is 1. The first-order valence-corrected chi connectivity index (χ1v) is 5.67. The molecule has 0 saturated carbocycles. The molecule has 0 spiro atoms. The van der Waals surface area contributed by atoms with Crippen molar-refractivity contribution in [1.29, 1.82) is 5.26 Å². The molecule has 1 aromatic carbocycles. The number of rotatable bonds is 1. The Morgan fingerprint density at radius 3 is 2.93 bits per heavy atom. The maximum absolute atomic E-state index is 8.94. The van der Waals surface area contributed by atoms with Gasteiger partial charge in [-0.1, -0.05) is 19.1 Å². The molecule has 1 heterocycles. The third-order valence-corrected chi connectivity index (χ3v) is 3.71. The maximum Gasteiger partial charge on any atom is 0.102 e. The summed E-state index contributed by atoms with van der Waals surface area (Å²) < 4.78 is 1.97. The molecule has 2 rings (SSSR count). The lowest BCUT2D eigenvalue weighted by atomic mass is 10.1. The number of fused-ring (bicyclic) bond motifs is 1. The van der Waals surface area contributed by atoms with Crippen LogP contribution in [0.1, 0.15) is 18.1 Å².